The molecule has 0 spiro atoms. The highest BCUT2D eigenvalue weighted by Gasteiger charge is 2.17. The minimum Gasteiger partial charge on any atom is -0.465 e. The fourth-order valence-corrected chi connectivity index (χ4v) is 1.37. The van der Waals surface area contributed by atoms with Crippen LogP contribution in [0, 0.1) is 0 Å². The van der Waals surface area contributed by atoms with E-state index in [1.165, 1.54) is 0 Å². The van der Waals surface area contributed by atoms with Gasteiger partial charge in [0.05, 0.1) is 6.61 Å². The fraction of sp³-hybridized carbons (Fsp3) is 0.615. The molecular formula is C13H20O4. The molecule has 0 amide bonds. The SMILES string of the molecule is COCCc1ccc(CC(=O)OC(C)(C)C)o1. The standard InChI is InChI=1S/C13H20O4/c1-13(2,3)17-12(14)9-11-6-5-10(16-11)7-8-15-4/h5-6H,7-9H2,1-4H3. The third-order valence-electron chi connectivity index (χ3n) is 2.01. The van der Waals surface area contributed by atoms with Gasteiger partial charge in [0, 0.05) is 13.5 Å². The molecule has 0 aliphatic rings. The van der Waals surface area contributed by atoms with Crippen molar-refractivity contribution in [2.24, 2.45) is 0 Å². The summed E-state index contributed by atoms with van der Waals surface area (Å²) < 4.78 is 15.6. The van der Waals surface area contributed by atoms with Crippen LogP contribution in [0.1, 0.15) is 32.3 Å². The number of hydrogen-bond acceptors (Lipinski definition) is 4. The molecule has 0 saturated carbocycles. The van der Waals surface area contributed by atoms with Crippen LogP contribution in [0.2, 0.25) is 0 Å². The van der Waals surface area contributed by atoms with E-state index in [0.717, 1.165) is 5.76 Å². The van der Waals surface area contributed by atoms with E-state index in [1.807, 2.05) is 26.8 Å². The number of rotatable bonds is 5. The zero-order chi connectivity index (χ0) is 12.9. The Balaban J connectivity index is 2.46. The Morgan fingerprint density at radius 1 is 1.29 bits per heavy atom. The Bertz CT molecular complexity index is 360. The summed E-state index contributed by atoms with van der Waals surface area (Å²) in [4.78, 5) is 11.5. The van der Waals surface area contributed by atoms with E-state index in [2.05, 4.69) is 0 Å². The Morgan fingerprint density at radius 3 is 2.53 bits per heavy atom. The molecule has 4 heteroatoms. The predicted molar refractivity (Wildman–Crippen MR) is 63.8 cm³/mol. The lowest BCUT2D eigenvalue weighted by Gasteiger charge is -2.18. The third-order valence-corrected chi connectivity index (χ3v) is 2.01. The van der Waals surface area contributed by atoms with Crippen molar-refractivity contribution in [3.8, 4) is 0 Å². The molecule has 0 fully saturated rings. The Kier molecular flexibility index (Phi) is 4.75. The number of ether oxygens (including phenoxy) is 2. The highest BCUT2D eigenvalue weighted by atomic mass is 16.6. The summed E-state index contributed by atoms with van der Waals surface area (Å²) in [6, 6.07) is 3.66. The van der Waals surface area contributed by atoms with Crippen LogP contribution in [0.15, 0.2) is 16.5 Å². The van der Waals surface area contributed by atoms with E-state index >= 15 is 0 Å². The van der Waals surface area contributed by atoms with E-state index in [9.17, 15) is 4.79 Å². The summed E-state index contributed by atoms with van der Waals surface area (Å²) in [5.41, 5.74) is -0.456. The van der Waals surface area contributed by atoms with Gasteiger partial charge in [-0.3, -0.25) is 4.79 Å². The zero-order valence-corrected chi connectivity index (χ0v) is 10.9. The van der Waals surface area contributed by atoms with Crippen molar-refractivity contribution in [1.29, 1.82) is 0 Å². The molecule has 4 nitrogen and oxygen atoms in total. The summed E-state index contributed by atoms with van der Waals surface area (Å²) in [6.07, 6.45) is 0.884. The number of hydrogen-bond donors (Lipinski definition) is 0. The van der Waals surface area contributed by atoms with Gasteiger partial charge in [0.2, 0.25) is 0 Å². The first-order chi connectivity index (χ1) is 7.90. The van der Waals surface area contributed by atoms with Gasteiger partial charge in [-0.25, -0.2) is 0 Å². The minimum atomic E-state index is -0.456. The van der Waals surface area contributed by atoms with Gasteiger partial charge < -0.3 is 13.9 Å². The first-order valence-electron chi connectivity index (χ1n) is 5.69. The molecule has 0 aliphatic heterocycles. The first-order valence-corrected chi connectivity index (χ1v) is 5.69. The van der Waals surface area contributed by atoms with Crippen molar-refractivity contribution < 1.29 is 18.7 Å². The molecule has 0 saturated heterocycles. The van der Waals surface area contributed by atoms with Crippen molar-refractivity contribution in [3.05, 3.63) is 23.7 Å². The average Bonchev–Trinajstić information content (AvgIpc) is 2.59. The quantitative estimate of drug-likeness (QED) is 0.741. The molecular weight excluding hydrogens is 220 g/mol. The monoisotopic (exact) mass is 240 g/mol. The Labute approximate surface area is 102 Å². The molecule has 0 bridgehead atoms. The van der Waals surface area contributed by atoms with Crippen LogP contribution < -0.4 is 0 Å². The molecule has 0 unspecified atom stereocenters. The summed E-state index contributed by atoms with van der Waals surface area (Å²) >= 11 is 0. The maximum absolute atomic E-state index is 11.5. The molecule has 17 heavy (non-hydrogen) atoms. The van der Waals surface area contributed by atoms with E-state index in [4.69, 9.17) is 13.9 Å². The molecule has 0 aromatic carbocycles. The van der Waals surface area contributed by atoms with Crippen molar-refractivity contribution in [2.75, 3.05) is 13.7 Å². The van der Waals surface area contributed by atoms with Crippen LogP contribution >= 0.6 is 0 Å². The van der Waals surface area contributed by atoms with Crippen LogP contribution in [0.4, 0.5) is 0 Å². The van der Waals surface area contributed by atoms with E-state index in [1.54, 1.807) is 13.2 Å². The molecule has 0 N–H and O–H groups in total. The third kappa shape index (κ3) is 5.54. The minimum absolute atomic E-state index is 0.171. The van der Waals surface area contributed by atoms with Gasteiger partial charge in [-0.2, -0.15) is 0 Å². The summed E-state index contributed by atoms with van der Waals surface area (Å²) in [5.74, 6) is 1.18. The molecule has 0 aliphatic carbocycles. The van der Waals surface area contributed by atoms with Crippen LogP contribution in [0.5, 0.6) is 0 Å². The van der Waals surface area contributed by atoms with Gasteiger partial charge in [0.1, 0.15) is 23.5 Å². The largest absolute Gasteiger partial charge is 0.465 e. The van der Waals surface area contributed by atoms with Gasteiger partial charge in [-0.1, -0.05) is 0 Å². The molecule has 0 atom stereocenters. The Morgan fingerprint density at radius 2 is 1.94 bits per heavy atom. The van der Waals surface area contributed by atoms with E-state index in [-0.39, 0.29) is 12.4 Å². The average molecular weight is 240 g/mol. The molecule has 1 heterocycles. The second kappa shape index (κ2) is 5.87. The smallest absolute Gasteiger partial charge is 0.314 e. The van der Waals surface area contributed by atoms with Gasteiger partial charge in [-0.05, 0) is 32.9 Å². The predicted octanol–water partition coefficient (Wildman–Crippen LogP) is 2.35. The molecule has 0 radical (unpaired) electrons. The molecule has 96 valence electrons. The number of methoxy groups -OCH3 is 1. The summed E-state index contributed by atoms with van der Waals surface area (Å²) in [7, 11) is 1.64. The number of carbonyl (C=O) groups excluding carboxylic acids is 1. The van der Waals surface area contributed by atoms with Crippen LogP contribution in [0.25, 0.3) is 0 Å². The van der Waals surface area contributed by atoms with Crippen molar-refractivity contribution in [2.45, 2.75) is 39.2 Å². The lowest BCUT2D eigenvalue weighted by atomic mass is 10.2. The van der Waals surface area contributed by atoms with Crippen LogP contribution in [-0.2, 0) is 27.1 Å². The van der Waals surface area contributed by atoms with Crippen molar-refractivity contribution in [1.82, 2.24) is 0 Å². The Hall–Kier alpha value is -1.29. The summed E-state index contributed by atoms with van der Waals surface area (Å²) in [5, 5.41) is 0. The maximum Gasteiger partial charge on any atom is 0.314 e. The van der Waals surface area contributed by atoms with Gasteiger partial charge in [-0.15, -0.1) is 0 Å². The van der Waals surface area contributed by atoms with Crippen molar-refractivity contribution in [3.63, 3.8) is 0 Å². The van der Waals surface area contributed by atoms with Crippen LogP contribution in [-0.4, -0.2) is 25.3 Å². The molecule has 1 aromatic heterocycles. The first kappa shape index (κ1) is 13.8. The topological polar surface area (TPSA) is 48.7 Å². The lowest BCUT2D eigenvalue weighted by Crippen LogP contribution is -2.24. The van der Waals surface area contributed by atoms with Gasteiger partial charge in [0.15, 0.2) is 0 Å². The normalized spacial score (nSPS) is 11.5. The van der Waals surface area contributed by atoms with Gasteiger partial charge in [0.25, 0.3) is 0 Å². The zero-order valence-electron chi connectivity index (χ0n) is 10.9. The highest BCUT2D eigenvalue weighted by Crippen LogP contribution is 2.13. The van der Waals surface area contributed by atoms with E-state index in [0.29, 0.717) is 18.8 Å². The van der Waals surface area contributed by atoms with Crippen LogP contribution in [0.3, 0.4) is 0 Å². The number of furan rings is 1. The lowest BCUT2D eigenvalue weighted by molar-refractivity contribution is -0.154. The van der Waals surface area contributed by atoms with E-state index < -0.39 is 5.60 Å². The molecule has 1 aromatic rings. The number of esters is 1. The maximum atomic E-state index is 11.5. The van der Waals surface area contributed by atoms with Crippen molar-refractivity contribution >= 4 is 5.97 Å². The second-order valence-electron chi connectivity index (χ2n) is 4.87. The number of carbonyl (C=O) groups is 1. The fourth-order valence-electron chi connectivity index (χ4n) is 1.37. The highest BCUT2D eigenvalue weighted by molar-refractivity contribution is 5.72. The second-order valence-corrected chi connectivity index (χ2v) is 4.87. The molecule has 1 rings (SSSR count). The summed E-state index contributed by atoms with van der Waals surface area (Å²) in [6.45, 7) is 6.14. The van der Waals surface area contributed by atoms with Gasteiger partial charge >= 0.3 is 5.97 Å².